The van der Waals surface area contributed by atoms with Crippen LogP contribution in [0.2, 0.25) is 0 Å². The van der Waals surface area contributed by atoms with Crippen molar-refractivity contribution in [1.29, 1.82) is 0 Å². The summed E-state index contributed by atoms with van der Waals surface area (Å²) in [5.41, 5.74) is 0. The van der Waals surface area contributed by atoms with E-state index in [-0.39, 0.29) is 0 Å². The maximum atomic E-state index is 12.5. The number of nitrogens with zero attached hydrogens (tertiary/aromatic N) is 1. The maximum absolute atomic E-state index is 12.5. The van der Waals surface area contributed by atoms with Gasteiger partial charge in [-0.3, -0.25) is 4.90 Å². The van der Waals surface area contributed by atoms with Gasteiger partial charge in [0.05, 0.1) is 6.54 Å². The zero-order valence-electron chi connectivity index (χ0n) is 11.4. The smallest absolute Gasteiger partial charge is 0.317 e. The van der Waals surface area contributed by atoms with E-state index in [0.717, 1.165) is 25.7 Å². The third-order valence-corrected chi connectivity index (χ3v) is 3.72. The van der Waals surface area contributed by atoms with Crippen LogP contribution in [0.25, 0.3) is 0 Å². The van der Waals surface area contributed by atoms with Crippen LogP contribution < -0.4 is 5.32 Å². The highest BCUT2D eigenvalue weighted by Crippen LogP contribution is 2.26. The van der Waals surface area contributed by atoms with Crippen molar-refractivity contribution in [3.8, 4) is 0 Å². The molecule has 1 N–H and O–H groups in total. The highest BCUT2D eigenvalue weighted by molar-refractivity contribution is 4.82. The Morgan fingerprint density at radius 2 is 1.89 bits per heavy atom. The van der Waals surface area contributed by atoms with Gasteiger partial charge in [-0.15, -0.1) is 0 Å². The van der Waals surface area contributed by atoms with Crippen LogP contribution in [0.1, 0.15) is 39.0 Å². The molecule has 2 nitrogen and oxygen atoms in total. The molecule has 0 amide bonds. The van der Waals surface area contributed by atoms with Crippen LogP contribution in [-0.2, 0) is 0 Å². The lowest BCUT2D eigenvalue weighted by Crippen LogP contribution is -2.45. The molecule has 5 heteroatoms. The molecule has 2 atom stereocenters. The van der Waals surface area contributed by atoms with E-state index in [2.05, 4.69) is 5.32 Å². The van der Waals surface area contributed by atoms with Crippen molar-refractivity contribution in [2.24, 2.45) is 5.92 Å². The van der Waals surface area contributed by atoms with Gasteiger partial charge in [0.15, 0.2) is 0 Å². The van der Waals surface area contributed by atoms with E-state index >= 15 is 0 Å². The highest BCUT2D eigenvalue weighted by atomic mass is 19.4. The molecule has 1 saturated carbocycles. The average molecular weight is 266 g/mol. The fraction of sp³-hybridized carbons (Fsp3) is 1.00. The first kappa shape index (κ1) is 15.8. The third kappa shape index (κ3) is 5.57. The minimum absolute atomic E-state index is 0.359. The molecule has 1 fully saturated rings. The normalized spacial score (nSPS) is 25.7. The number of hydrogen-bond donors (Lipinski definition) is 1. The lowest BCUT2D eigenvalue weighted by atomic mass is 9.84. The standard InChI is InChI=1S/C13H25F3N2/c1-3-8-18(10-13(14,15)16)9-11-6-4-5-7-12(11)17-2/h11-12,17H,3-10H2,1-2H3. The topological polar surface area (TPSA) is 15.3 Å². The van der Waals surface area contributed by atoms with Gasteiger partial charge in [0.25, 0.3) is 0 Å². The van der Waals surface area contributed by atoms with E-state index in [1.807, 2.05) is 14.0 Å². The van der Waals surface area contributed by atoms with Crippen molar-refractivity contribution in [3.05, 3.63) is 0 Å². The molecular weight excluding hydrogens is 241 g/mol. The molecule has 18 heavy (non-hydrogen) atoms. The first-order chi connectivity index (χ1) is 8.46. The Morgan fingerprint density at radius 3 is 2.44 bits per heavy atom. The molecule has 0 aromatic heterocycles. The van der Waals surface area contributed by atoms with Gasteiger partial charge in [0.1, 0.15) is 0 Å². The molecule has 0 radical (unpaired) electrons. The second-order valence-corrected chi connectivity index (χ2v) is 5.29. The Balaban J connectivity index is 2.52. The average Bonchev–Trinajstić information content (AvgIpc) is 2.28. The van der Waals surface area contributed by atoms with Gasteiger partial charge < -0.3 is 5.32 Å². The molecule has 0 aliphatic heterocycles. The van der Waals surface area contributed by atoms with Crippen LogP contribution in [0.4, 0.5) is 13.2 Å². The van der Waals surface area contributed by atoms with Crippen molar-refractivity contribution in [3.63, 3.8) is 0 Å². The third-order valence-electron chi connectivity index (χ3n) is 3.72. The fourth-order valence-corrected chi connectivity index (χ4v) is 2.94. The number of alkyl halides is 3. The van der Waals surface area contributed by atoms with Crippen LogP contribution in [0.3, 0.4) is 0 Å². The summed E-state index contributed by atoms with van der Waals surface area (Å²) in [6, 6.07) is 0.381. The zero-order valence-corrected chi connectivity index (χ0v) is 11.4. The molecule has 0 bridgehead atoms. The van der Waals surface area contributed by atoms with Crippen LogP contribution in [0.5, 0.6) is 0 Å². The van der Waals surface area contributed by atoms with Crippen LogP contribution in [-0.4, -0.2) is 43.8 Å². The quantitative estimate of drug-likeness (QED) is 0.795. The van der Waals surface area contributed by atoms with E-state index in [0.29, 0.717) is 25.0 Å². The fourth-order valence-electron chi connectivity index (χ4n) is 2.94. The molecule has 0 aromatic carbocycles. The first-order valence-electron chi connectivity index (χ1n) is 6.92. The summed E-state index contributed by atoms with van der Waals surface area (Å²) in [6.07, 6.45) is 1.16. The predicted octanol–water partition coefficient (Wildman–Crippen LogP) is 3.04. The molecule has 0 aromatic rings. The molecule has 1 aliphatic rings. The first-order valence-corrected chi connectivity index (χ1v) is 6.92. The van der Waals surface area contributed by atoms with E-state index in [4.69, 9.17) is 0 Å². The molecule has 108 valence electrons. The van der Waals surface area contributed by atoms with Crippen molar-refractivity contribution in [2.45, 2.75) is 51.2 Å². The Bertz CT molecular complexity index is 231. The van der Waals surface area contributed by atoms with Crippen molar-refractivity contribution < 1.29 is 13.2 Å². The molecule has 2 unspecified atom stereocenters. The second-order valence-electron chi connectivity index (χ2n) is 5.29. The maximum Gasteiger partial charge on any atom is 0.401 e. The predicted molar refractivity (Wildman–Crippen MR) is 67.6 cm³/mol. The Hall–Kier alpha value is -0.290. The van der Waals surface area contributed by atoms with Gasteiger partial charge >= 0.3 is 6.18 Å². The number of nitrogens with one attached hydrogen (secondary N) is 1. The van der Waals surface area contributed by atoms with Gasteiger partial charge in [0, 0.05) is 12.6 Å². The molecule has 1 aliphatic carbocycles. The summed E-state index contributed by atoms with van der Waals surface area (Å²) in [6.45, 7) is 2.26. The Morgan fingerprint density at radius 1 is 1.22 bits per heavy atom. The molecule has 0 spiro atoms. The lowest BCUT2D eigenvalue weighted by Gasteiger charge is -2.35. The minimum Gasteiger partial charge on any atom is -0.317 e. The molecule has 0 saturated heterocycles. The van der Waals surface area contributed by atoms with Crippen LogP contribution in [0, 0.1) is 5.92 Å². The second kappa shape index (κ2) is 7.34. The molecule has 1 rings (SSSR count). The van der Waals surface area contributed by atoms with Crippen LogP contribution >= 0.6 is 0 Å². The van der Waals surface area contributed by atoms with E-state index in [1.54, 1.807) is 4.90 Å². The summed E-state index contributed by atoms with van der Waals surface area (Å²) in [5.74, 6) is 0.359. The summed E-state index contributed by atoms with van der Waals surface area (Å²) in [4.78, 5) is 1.57. The minimum atomic E-state index is -4.08. The molecular formula is C13H25F3N2. The Labute approximate surface area is 108 Å². The molecule has 0 heterocycles. The summed E-state index contributed by atoms with van der Waals surface area (Å²) >= 11 is 0. The SMILES string of the molecule is CCCN(CC1CCCCC1NC)CC(F)(F)F. The number of rotatable bonds is 6. The lowest BCUT2D eigenvalue weighted by molar-refractivity contribution is -0.147. The van der Waals surface area contributed by atoms with Gasteiger partial charge in [-0.1, -0.05) is 19.8 Å². The van der Waals surface area contributed by atoms with Gasteiger partial charge in [0.2, 0.25) is 0 Å². The van der Waals surface area contributed by atoms with Crippen molar-refractivity contribution >= 4 is 0 Å². The van der Waals surface area contributed by atoms with Crippen molar-refractivity contribution in [2.75, 3.05) is 26.7 Å². The highest BCUT2D eigenvalue weighted by Gasteiger charge is 2.33. The van der Waals surface area contributed by atoms with Crippen LogP contribution in [0.15, 0.2) is 0 Å². The number of hydrogen-bond acceptors (Lipinski definition) is 2. The number of halogens is 3. The summed E-state index contributed by atoms with van der Waals surface area (Å²) in [7, 11) is 1.91. The summed E-state index contributed by atoms with van der Waals surface area (Å²) < 4.78 is 37.5. The van der Waals surface area contributed by atoms with E-state index in [9.17, 15) is 13.2 Å². The largest absolute Gasteiger partial charge is 0.401 e. The van der Waals surface area contributed by atoms with E-state index in [1.165, 1.54) is 6.42 Å². The van der Waals surface area contributed by atoms with Gasteiger partial charge in [-0.25, -0.2) is 0 Å². The van der Waals surface area contributed by atoms with Gasteiger partial charge in [-0.05, 0) is 38.8 Å². The Kier molecular flexibility index (Phi) is 6.43. The van der Waals surface area contributed by atoms with Gasteiger partial charge in [-0.2, -0.15) is 13.2 Å². The monoisotopic (exact) mass is 266 g/mol. The summed E-state index contributed by atoms with van der Waals surface area (Å²) in [5, 5.41) is 3.26. The zero-order chi connectivity index (χ0) is 13.6. The van der Waals surface area contributed by atoms with E-state index < -0.39 is 12.7 Å². The van der Waals surface area contributed by atoms with Crippen molar-refractivity contribution in [1.82, 2.24) is 10.2 Å².